The molecule has 1 aromatic heterocycles. The van der Waals surface area contributed by atoms with E-state index in [9.17, 15) is 29.7 Å². The summed E-state index contributed by atoms with van der Waals surface area (Å²) in [5, 5.41) is 32.1. The summed E-state index contributed by atoms with van der Waals surface area (Å²) in [7, 11) is 0. The molecule has 0 spiro atoms. The molecule has 1 aliphatic carbocycles. The van der Waals surface area contributed by atoms with E-state index in [-0.39, 0.29) is 63.3 Å². The van der Waals surface area contributed by atoms with Crippen LogP contribution in [0.15, 0.2) is 48.7 Å². The van der Waals surface area contributed by atoms with Gasteiger partial charge in [-0.1, -0.05) is 42.5 Å². The van der Waals surface area contributed by atoms with Crippen molar-refractivity contribution in [3.8, 4) is 30.4 Å². The number of aliphatic hydroxyl groups excluding tert-OH is 3. The lowest BCUT2D eigenvalue weighted by Gasteiger charge is -2.25. The fourth-order valence-electron chi connectivity index (χ4n) is 8.34. The zero-order chi connectivity index (χ0) is 42.3. The number of ether oxygens (including phenoxy) is 5. The number of aryl methyl sites for hydroxylation is 2. The van der Waals surface area contributed by atoms with E-state index < -0.39 is 47.0 Å². The first-order valence-electron chi connectivity index (χ1n) is 20.8. The standard InChI is InChI=1S/C47H59NO11/c1-4-21-46(23-25-55-31-46)44(53)57-29-35-28-48-33(3)43(39(35)30-58-45(54)47(22-5-2)24-26-56-32-47)59-42(52)16-12-7-6-11-15-37-38(41(51)27-40(37)50)20-19-36(49)18-17-34-13-9-8-10-14-34/h1-2,6,8-11,13-14,28,36-38,40-41,49-51H,7,12,15-27,29-32H2,3H3/b11-6-/t36-,37+,38+,40-,41+,46?,47?/m0/s1. The molecule has 3 N–H and O–H groups in total. The third-order valence-corrected chi connectivity index (χ3v) is 12.1. The molecule has 0 bridgehead atoms. The molecule has 0 radical (unpaired) electrons. The van der Waals surface area contributed by atoms with Gasteiger partial charge >= 0.3 is 17.9 Å². The van der Waals surface area contributed by atoms with E-state index in [1.807, 2.05) is 42.5 Å². The van der Waals surface area contributed by atoms with E-state index in [0.717, 1.165) is 6.42 Å². The van der Waals surface area contributed by atoms with E-state index in [0.29, 0.717) is 87.8 Å². The molecule has 12 heteroatoms. The maximum absolute atomic E-state index is 13.4. The molecule has 2 aromatic rings. The normalized spacial score (nSPS) is 25.7. The second kappa shape index (κ2) is 22.2. The highest BCUT2D eigenvalue weighted by atomic mass is 16.6. The summed E-state index contributed by atoms with van der Waals surface area (Å²) in [5.41, 5.74) is 0.342. The van der Waals surface area contributed by atoms with Crippen LogP contribution in [0.3, 0.4) is 0 Å². The van der Waals surface area contributed by atoms with Crippen molar-refractivity contribution in [1.29, 1.82) is 0 Å². The van der Waals surface area contributed by atoms with E-state index in [1.54, 1.807) is 6.92 Å². The van der Waals surface area contributed by atoms with Gasteiger partial charge in [-0.2, -0.15) is 0 Å². The molecule has 3 fully saturated rings. The van der Waals surface area contributed by atoms with Gasteiger partial charge in [0.15, 0.2) is 5.75 Å². The molecule has 3 aliphatic rings. The summed E-state index contributed by atoms with van der Waals surface area (Å²) in [6, 6.07) is 10.0. The highest BCUT2D eigenvalue weighted by molar-refractivity contribution is 5.79. The Hall–Kier alpha value is -4.56. The quantitative estimate of drug-likeness (QED) is 0.0628. The van der Waals surface area contributed by atoms with Crippen LogP contribution >= 0.6 is 0 Å². The number of aromatic nitrogens is 1. The number of hydrogen-bond acceptors (Lipinski definition) is 12. The van der Waals surface area contributed by atoms with Gasteiger partial charge in [-0.15, -0.1) is 24.7 Å². The van der Waals surface area contributed by atoms with Crippen molar-refractivity contribution in [2.45, 2.75) is 122 Å². The van der Waals surface area contributed by atoms with Crippen LogP contribution in [0.1, 0.15) is 99.4 Å². The minimum absolute atomic E-state index is 0.0771. The number of unbranched alkanes of at least 4 members (excludes halogenated alkanes) is 1. The van der Waals surface area contributed by atoms with Crippen LogP contribution in [-0.2, 0) is 53.0 Å². The zero-order valence-electron chi connectivity index (χ0n) is 34.2. The predicted molar refractivity (Wildman–Crippen MR) is 218 cm³/mol. The maximum atomic E-state index is 13.4. The van der Waals surface area contributed by atoms with E-state index in [2.05, 4.69) is 16.8 Å². The number of esters is 3. The molecule has 59 heavy (non-hydrogen) atoms. The number of nitrogens with zero attached hydrogens (tertiary/aromatic N) is 1. The van der Waals surface area contributed by atoms with Crippen molar-refractivity contribution >= 4 is 17.9 Å². The summed E-state index contributed by atoms with van der Waals surface area (Å²) in [5.74, 6) is 3.42. The lowest BCUT2D eigenvalue weighted by Crippen LogP contribution is -2.34. The SMILES string of the molecule is C#CCC1(C(=O)OCc2cnc(C)c(OC(=O)CCC/C=C\C[C@@H]3[C@@H](CC[C@@H](O)CCc4ccccc4)[C@H](O)C[C@@H]3O)c2COC(=O)C2(CC#C)CCOC2)CCOC1. The van der Waals surface area contributed by atoms with Gasteiger partial charge in [-0.05, 0) is 88.5 Å². The van der Waals surface area contributed by atoms with Crippen molar-refractivity contribution < 1.29 is 53.4 Å². The van der Waals surface area contributed by atoms with E-state index in [4.69, 9.17) is 36.5 Å². The summed E-state index contributed by atoms with van der Waals surface area (Å²) in [6.07, 6.45) is 20.6. The fraction of sp³-hybridized carbons (Fsp3) is 0.574. The Morgan fingerprint density at radius 2 is 1.58 bits per heavy atom. The molecule has 1 saturated carbocycles. The van der Waals surface area contributed by atoms with Crippen LogP contribution in [0.25, 0.3) is 0 Å². The van der Waals surface area contributed by atoms with Gasteiger partial charge in [0.05, 0.1) is 37.2 Å². The fourth-order valence-corrected chi connectivity index (χ4v) is 8.34. The number of carbonyl (C=O) groups excluding carboxylic acids is 3. The average molecular weight is 814 g/mol. The highest BCUT2D eigenvalue weighted by Crippen LogP contribution is 2.39. The molecule has 318 valence electrons. The second-order valence-electron chi connectivity index (χ2n) is 16.3. The summed E-state index contributed by atoms with van der Waals surface area (Å²) >= 11 is 0. The van der Waals surface area contributed by atoms with E-state index >= 15 is 0 Å². The number of rotatable bonds is 21. The van der Waals surface area contributed by atoms with Crippen molar-refractivity contribution in [3.63, 3.8) is 0 Å². The number of benzene rings is 1. The molecular weight excluding hydrogens is 755 g/mol. The minimum Gasteiger partial charge on any atom is -0.460 e. The minimum atomic E-state index is -0.987. The smallest absolute Gasteiger partial charge is 0.315 e. The molecule has 1 aromatic carbocycles. The Kier molecular flexibility index (Phi) is 17.1. The van der Waals surface area contributed by atoms with Crippen LogP contribution in [0.2, 0.25) is 0 Å². The Morgan fingerprint density at radius 1 is 0.932 bits per heavy atom. The summed E-state index contributed by atoms with van der Waals surface area (Å²) in [4.78, 5) is 44.4. The third-order valence-electron chi connectivity index (χ3n) is 12.1. The molecule has 3 heterocycles. The van der Waals surface area contributed by atoms with Gasteiger partial charge in [0.25, 0.3) is 0 Å². The van der Waals surface area contributed by atoms with Crippen LogP contribution < -0.4 is 4.74 Å². The first-order chi connectivity index (χ1) is 28.5. The lowest BCUT2D eigenvalue weighted by molar-refractivity contribution is -0.158. The Balaban J connectivity index is 1.16. The number of terminal acetylenes is 2. The van der Waals surface area contributed by atoms with E-state index in [1.165, 1.54) is 11.8 Å². The molecule has 7 atom stereocenters. The molecule has 2 aliphatic heterocycles. The topological polar surface area (TPSA) is 171 Å². The second-order valence-corrected chi connectivity index (χ2v) is 16.3. The molecule has 12 nitrogen and oxygen atoms in total. The van der Waals surface area contributed by atoms with Gasteiger partial charge in [0.2, 0.25) is 0 Å². The van der Waals surface area contributed by atoms with Gasteiger partial charge < -0.3 is 39.0 Å². The number of allylic oxidation sites excluding steroid dienone is 2. The van der Waals surface area contributed by atoms with Gasteiger partial charge in [0, 0.05) is 49.8 Å². The number of hydrogen-bond donors (Lipinski definition) is 3. The van der Waals surface area contributed by atoms with Crippen molar-refractivity contribution in [2.75, 3.05) is 26.4 Å². The Morgan fingerprint density at radius 3 is 2.20 bits per heavy atom. The molecule has 2 saturated heterocycles. The van der Waals surface area contributed by atoms with Crippen molar-refractivity contribution in [2.24, 2.45) is 22.7 Å². The van der Waals surface area contributed by atoms with Crippen molar-refractivity contribution in [3.05, 3.63) is 71.1 Å². The van der Waals surface area contributed by atoms with Crippen LogP contribution in [0.4, 0.5) is 0 Å². The maximum Gasteiger partial charge on any atom is 0.315 e. The van der Waals surface area contributed by atoms with Crippen molar-refractivity contribution in [1.82, 2.24) is 4.98 Å². The van der Waals surface area contributed by atoms with Crippen LogP contribution in [0.5, 0.6) is 5.75 Å². The lowest BCUT2D eigenvalue weighted by atomic mass is 9.84. The van der Waals surface area contributed by atoms with Gasteiger partial charge in [-0.25, -0.2) is 0 Å². The first kappa shape index (κ1) is 45.5. The predicted octanol–water partition coefficient (Wildman–Crippen LogP) is 5.49. The largest absolute Gasteiger partial charge is 0.460 e. The monoisotopic (exact) mass is 813 g/mol. The number of pyridine rings is 1. The molecule has 5 rings (SSSR count). The van der Waals surface area contributed by atoms with Gasteiger partial charge in [-0.3, -0.25) is 19.4 Å². The number of carbonyl (C=O) groups is 3. The number of aliphatic hydroxyl groups is 3. The first-order valence-corrected chi connectivity index (χ1v) is 20.8. The average Bonchev–Trinajstić information content (AvgIpc) is 3.98. The Bertz CT molecular complexity index is 1820. The third kappa shape index (κ3) is 12.3. The van der Waals surface area contributed by atoms with Crippen LogP contribution in [0, 0.1) is 54.3 Å². The zero-order valence-corrected chi connectivity index (χ0v) is 34.2. The molecule has 2 unspecified atom stereocenters. The Labute approximate surface area is 348 Å². The summed E-state index contributed by atoms with van der Waals surface area (Å²) in [6.45, 7) is 2.19. The summed E-state index contributed by atoms with van der Waals surface area (Å²) < 4.78 is 28.4. The van der Waals surface area contributed by atoms with Gasteiger partial charge in [0.1, 0.15) is 24.0 Å². The highest BCUT2D eigenvalue weighted by Gasteiger charge is 2.45. The van der Waals surface area contributed by atoms with Crippen LogP contribution in [-0.4, -0.2) is 83.0 Å². The molecular formula is C47H59NO11. The molecule has 0 amide bonds.